The molecule has 11 heteroatoms. The first-order chi connectivity index (χ1) is 20.9. The summed E-state index contributed by atoms with van der Waals surface area (Å²) in [5.41, 5.74) is 8.82. The van der Waals surface area contributed by atoms with Crippen molar-refractivity contribution in [3.05, 3.63) is 39.7 Å². The van der Waals surface area contributed by atoms with Gasteiger partial charge in [0.15, 0.2) is 0 Å². The first-order valence-electron chi connectivity index (χ1n) is 16.0. The summed E-state index contributed by atoms with van der Waals surface area (Å²) in [5.74, 6) is -2.16. The molecular weight excluding hydrogens is 586 g/mol. The van der Waals surface area contributed by atoms with Crippen molar-refractivity contribution in [1.29, 1.82) is 0 Å². The van der Waals surface area contributed by atoms with Crippen molar-refractivity contribution in [2.45, 2.75) is 76.7 Å². The van der Waals surface area contributed by atoms with Crippen molar-refractivity contribution in [1.82, 2.24) is 10.2 Å². The van der Waals surface area contributed by atoms with Crippen LogP contribution in [0.1, 0.15) is 63.1 Å². The second kappa shape index (κ2) is 10.4. The van der Waals surface area contributed by atoms with Crippen LogP contribution in [0, 0.1) is 28.6 Å². The van der Waals surface area contributed by atoms with Gasteiger partial charge in [-0.15, -0.1) is 0 Å². The van der Waals surface area contributed by atoms with Crippen molar-refractivity contribution < 1.29 is 24.9 Å². The van der Waals surface area contributed by atoms with E-state index in [1.54, 1.807) is 25.1 Å². The van der Waals surface area contributed by atoms with Crippen molar-refractivity contribution >= 4 is 45.3 Å². The molecule has 0 saturated heterocycles. The standard InChI is InChI=1S/C34H47BN4O5P/c1-32(2)17-8-9-33(32,3)21(13-17)37-14-16-12-20(40)23-18(25(16)38(4)5)10-15-11-19-26(39(6)7)28(42)24(31(36)44)29(35)34(19,45)30(43)22(15)27(23)41/h12,15,17,19,21,26,37,40-42H,8-11,13-14,45H2,1-7H3,(H2,36,44)/t15-,17?,19-,21-,26-,33?,34+/m0/s1. The van der Waals surface area contributed by atoms with E-state index in [1.807, 2.05) is 19.0 Å². The Bertz CT molecular complexity index is 1600. The Hall–Kier alpha value is -2.68. The Morgan fingerprint density at radius 3 is 2.36 bits per heavy atom. The summed E-state index contributed by atoms with van der Waals surface area (Å²) in [6.45, 7) is 7.76. The zero-order valence-corrected chi connectivity index (χ0v) is 28.6. The topological polar surface area (TPSA) is 139 Å². The number of anilines is 1. The van der Waals surface area contributed by atoms with E-state index in [0.717, 1.165) is 23.2 Å². The number of hydrogen-bond acceptors (Lipinski definition) is 8. The van der Waals surface area contributed by atoms with Crippen LogP contribution in [0.4, 0.5) is 5.69 Å². The number of rotatable bonds is 6. The number of aliphatic hydroxyl groups is 2. The molecule has 1 aromatic rings. The molecule has 2 bridgehead atoms. The summed E-state index contributed by atoms with van der Waals surface area (Å²) in [7, 11) is 16.5. The molecule has 3 fully saturated rings. The van der Waals surface area contributed by atoms with Crippen molar-refractivity contribution in [2.75, 3.05) is 33.1 Å². The SMILES string of the molecule is [B]=C1C(C(N)=O)=C(O)[C@@H](N(C)C)[C@@H]2C[C@@H]3Cc4c(c(O)cc(CN[C@H]5CC6CCC5(C)C6(C)C)c4N(C)C)C(O)=C3C(=O)[C@]12P. The molecule has 3 saturated carbocycles. The number of carbonyl (C=O) groups excluding carboxylic acids is 2. The third-order valence-corrected chi connectivity index (χ3v) is 13.8. The van der Waals surface area contributed by atoms with Crippen LogP contribution in [0.2, 0.25) is 0 Å². The van der Waals surface area contributed by atoms with E-state index in [4.69, 9.17) is 13.2 Å². The van der Waals surface area contributed by atoms with Gasteiger partial charge in [0, 0.05) is 0 Å². The summed E-state index contributed by atoms with van der Waals surface area (Å²) in [5, 5.41) is 36.8. The number of hydrogen-bond donors (Lipinski definition) is 5. The van der Waals surface area contributed by atoms with E-state index in [1.165, 1.54) is 12.8 Å². The van der Waals surface area contributed by atoms with Crippen LogP contribution in [0.3, 0.4) is 0 Å². The minimum absolute atomic E-state index is 0.0785. The molecule has 0 aromatic heterocycles. The molecule has 3 unspecified atom stereocenters. The fraction of sp³-hybridized carbons (Fsp3) is 0.618. The Labute approximate surface area is 269 Å². The van der Waals surface area contributed by atoms with E-state index in [9.17, 15) is 24.9 Å². The number of fused-ring (bicyclic) bond motifs is 5. The van der Waals surface area contributed by atoms with Gasteiger partial charge in [-0.3, -0.25) is 0 Å². The number of carbonyl (C=O) groups is 2. The van der Waals surface area contributed by atoms with E-state index >= 15 is 0 Å². The fourth-order valence-electron chi connectivity index (χ4n) is 9.97. The molecule has 1 amide bonds. The van der Waals surface area contributed by atoms with Crippen molar-refractivity contribution in [2.24, 2.45) is 34.3 Å². The Balaban J connectivity index is 1.42. The van der Waals surface area contributed by atoms with Gasteiger partial charge in [-0.1, -0.05) is 20.8 Å². The third-order valence-electron chi connectivity index (χ3n) is 12.8. The van der Waals surface area contributed by atoms with E-state index in [2.05, 4.69) is 35.3 Å². The second-order valence-corrected chi connectivity index (χ2v) is 16.3. The van der Waals surface area contributed by atoms with Gasteiger partial charge in [-0.25, -0.2) is 0 Å². The number of Topliss-reactive ketones (excluding diaryl/α,β-unsaturated/α-hetero) is 1. The van der Waals surface area contributed by atoms with Gasteiger partial charge in [-0.05, 0) is 36.0 Å². The zero-order chi connectivity index (χ0) is 33.1. The number of benzene rings is 1. The number of allylic oxidation sites excluding steroid dienone is 1. The van der Waals surface area contributed by atoms with Crippen LogP contribution in [-0.2, 0) is 22.6 Å². The molecule has 5 aliphatic rings. The third kappa shape index (κ3) is 4.20. The van der Waals surface area contributed by atoms with Gasteiger partial charge in [0.05, 0.1) is 0 Å². The maximum atomic E-state index is 14.5. The molecule has 0 aliphatic heterocycles. The molecule has 8 atom stereocenters. The molecular formula is C34H47BN4O5P. The Kier molecular flexibility index (Phi) is 7.47. The normalized spacial score (nSPS) is 35.1. The summed E-state index contributed by atoms with van der Waals surface area (Å²) < 4.78 is 0. The van der Waals surface area contributed by atoms with Crippen LogP contribution >= 0.6 is 9.24 Å². The van der Waals surface area contributed by atoms with Gasteiger partial charge in [0.25, 0.3) is 0 Å². The number of primary amides is 1. The van der Waals surface area contributed by atoms with E-state index in [-0.39, 0.29) is 50.3 Å². The van der Waals surface area contributed by atoms with Crippen LogP contribution in [0.15, 0.2) is 23.0 Å². The molecule has 241 valence electrons. The van der Waals surface area contributed by atoms with Gasteiger partial charge in [-0.2, -0.15) is 0 Å². The number of nitrogens with two attached hydrogens (primary N) is 1. The number of phenols is 1. The van der Waals surface area contributed by atoms with Gasteiger partial charge in [0.1, 0.15) is 0 Å². The quantitative estimate of drug-likeness (QED) is 0.238. The average molecular weight is 634 g/mol. The molecule has 5 aliphatic carbocycles. The van der Waals surface area contributed by atoms with E-state index in [0.29, 0.717) is 31.3 Å². The molecule has 0 spiro atoms. The van der Waals surface area contributed by atoms with Crippen molar-refractivity contribution in [3.8, 4) is 5.75 Å². The number of likely N-dealkylation sites (N-methyl/N-ethyl adjacent to an activating group) is 1. The molecule has 1 radical (unpaired) electrons. The molecule has 1 aromatic carbocycles. The Morgan fingerprint density at radius 2 is 1.82 bits per heavy atom. The predicted molar refractivity (Wildman–Crippen MR) is 182 cm³/mol. The number of aliphatic hydroxyl groups excluding tert-OH is 2. The number of amides is 1. The van der Waals surface area contributed by atoms with Crippen molar-refractivity contribution in [3.63, 3.8) is 0 Å². The maximum absolute atomic E-state index is 14.5. The first kappa shape index (κ1) is 32.3. The average Bonchev–Trinajstić information content (AvgIpc) is 3.26. The van der Waals surface area contributed by atoms with Gasteiger partial charge < -0.3 is 0 Å². The number of phenolic OH excluding ortho intramolecular Hbond substituents is 1. The number of nitrogens with zero attached hydrogens (tertiary/aromatic N) is 2. The second-order valence-electron chi connectivity index (χ2n) is 15.3. The number of aromatic hydroxyl groups is 1. The fourth-order valence-corrected chi connectivity index (χ4v) is 10.6. The Morgan fingerprint density at radius 1 is 1.16 bits per heavy atom. The molecule has 45 heavy (non-hydrogen) atoms. The van der Waals surface area contributed by atoms with Gasteiger partial charge in [0.2, 0.25) is 0 Å². The van der Waals surface area contributed by atoms with Gasteiger partial charge >= 0.3 is 213 Å². The first-order valence-corrected chi connectivity index (χ1v) is 16.5. The molecule has 6 N–H and O–H groups in total. The summed E-state index contributed by atoms with van der Waals surface area (Å²) in [6.07, 6.45) is 4.43. The van der Waals surface area contributed by atoms with E-state index < -0.39 is 34.7 Å². The molecule has 9 nitrogen and oxygen atoms in total. The summed E-state index contributed by atoms with van der Waals surface area (Å²) in [4.78, 5) is 30.7. The van der Waals surface area contributed by atoms with Crippen LogP contribution in [-0.4, -0.2) is 90.3 Å². The monoisotopic (exact) mass is 633 g/mol. The summed E-state index contributed by atoms with van der Waals surface area (Å²) >= 11 is 0. The number of ketones is 1. The van der Waals surface area contributed by atoms with Crippen LogP contribution < -0.4 is 16.0 Å². The number of nitrogens with one attached hydrogen (secondary N) is 1. The minimum atomic E-state index is -1.47. The van der Waals surface area contributed by atoms with Crippen LogP contribution in [0.25, 0.3) is 5.76 Å². The predicted octanol–water partition coefficient (Wildman–Crippen LogP) is 2.99. The molecule has 6 rings (SSSR count). The summed E-state index contributed by atoms with van der Waals surface area (Å²) in [6, 6.07) is 1.38. The van der Waals surface area contributed by atoms with Crippen LogP contribution in [0.5, 0.6) is 5.75 Å². The molecule has 0 heterocycles. The zero-order valence-electron chi connectivity index (χ0n) is 27.5.